The standard InChI is InChI=1S/C15H21FO3/c1-4-6-12(15(18)19-5-2)14(17)11-8-7-10(3)13(16)9-11/h7-9,12,14,17H,4-6H2,1-3H3. The molecule has 1 N–H and O–H groups in total. The molecule has 2 unspecified atom stereocenters. The molecular weight excluding hydrogens is 247 g/mol. The maximum absolute atomic E-state index is 13.5. The number of hydrogen-bond donors (Lipinski definition) is 1. The molecule has 0 amide bonds. The van der Waals surface area contributed by atoms with E-state index in [0.29, 0.717) is 17.5 Å². The number of carbonyl (C=O) groups excluding carboxylic acids is 1. The Morgan fingerprint density at radius 3 is 2.63 bits per heavy atom. The smallest absolute Gasteiger partial charge is 0.311 e. The van der Waals surface area contributed by atoms with Crippen LogP contribution in [0.15, 0.2) is 18.2 Å². The van der Waals surface area contributed by atoms with Gasteiger partial charge in [-0.05, 0) is 37.5 Å². The largest absolute Gasteiger partial charge is 0.466 e. The Labute approximate surface area is 113 Å². The van der Waals surface area contributed by atoms with Gasteiger partial charge in [0.1, 0.15) is 5.82 Å². The number of carbonyl (C=O) groups is 1. The Balaban J connectivity index is 2.94. The zero-order valence-corrected chi connectivity index (χ0v) is 11.6. The first-order valence-corrected chi connectivity index (χ1v) is 6.62. The van der Waals surface area contributed by atoms with Crippen molar-refractivity contribution < 1.29 is 19.0 Å². The molecule has 1 rings (SSSR count). The molecule has 0 radical (unpaired) electrons. The van der Waals surface area contributed by atoms with Crippen LogP contribution in [0, 0.1) is 18.7 Å². The number of halogens is 1. The Morgan fingerprint density at radius 1 is 1.42 bits per heavy atom. The summed E-state index contributed by atoms with van der Waals surface area (Å²) >= 11 is 0. The summed E-state index contributed by atoms with van der Waals surface area (Å²) in [7, 11) is 0. The molecule has 4 heteroatoms. The summed E-state index contributed by atoms with van der Waals surface area (Å²) in [4.78, 5) is 11.8. The average Bonchev–Trinajstić information content (AvgIpc) is 2.38. The third-order valence-corrected chi connectivity index (χ3v) is 3.11. The van der Waals surface area contributed by atoms with E-state index >= 15 is 0 Å². The lowest BCUT2D eigenvalue weighted by atomic mass is 9.91. The summed E-state index contributed by atoms with van der Waals surface area (Å²) in [6, 6.07) is 4.52. The molecule has 0 spiro atoms. The number of aliphatic hydroxyl groups is 1. The van der Waals surface area contributed by atoms with Crippen molar-refractivity contribution >= 4 is 5.97 Å². The second-order valence-corrected chi connectivity index (χ2v) is 4.60. The molecule has 0 saturated heterocycles. The van der Waals surface area contributed by atoms with Gasteiger partial charge in [0.05, 0.1) is 18.6 Å². The molecule has 0 saturated carbocycles. The van der Waals surface area contributed by atoms with Crippen LogP contribution < -0.4 is 0 Å². The van der Waals surface area contributed by atoms with Crippen molar-refractivity contribution in [1.82, 2.24) is 0 Å². The van der Waals surface area contributed by atoms with Gasteiger partial charge in [0, 0.05) is 0 Å². The van der Waals surface area contributed by atoms with Crippen LogP contribution in [0.3, 0.4) is 0 Å². The molecule has 1 aromatic rings. The molecule has 0 aliphatic heterocycles. The van der Waals surface area contributed by atoms with E-state index in [1.165, 1.54) is 6.07 Å². The van der Waals surface area contributed by atoms with Gasteiger partial charge in [-0.3, -0.25) is 4.79 Å². The highest BCUT2D eigenvalue weighted by molar-refractivity contribution is 5.73. The van der Waals surface area contributed by atoms with Crippen LogP contribution in [0.25, 0.3) is 0 Å². The SMILES string of the molecule is CCCC(C(=O)OCC)C(O)c1ccc(C)c(F)c1. The summed E-state index contributed by atoms with van der Waals surface area (Å²) in [6.07, 6.45) is 0.221. The van der Waals surface area contributed by atoms with Gasteiger partial charge in [-0.2, -0.15) is 0 Å². The van der Waals surface area contributed by atoms with Crippen LogP contribution in [-0.2, 0) is 9.53 Å². The predicted octanol–water partition coefficient (Wildman–Crippen LogP) is 3.15. The lowest BCUT2D eigenvalue weighted by Gasteiger charge is -2.21. The van der Waals surface area contributed by atoms with Crippen LogP contribution in [0.1, 0.15) is 43.9 Å². The molecule has 0 fully saturated rings. The summed E-state index contributed by atoms with van der Waals surface area (Å²) < 4.78 is 18.5. The fraction of sp³-hybridized carbons (Fsp3) is 0.533. The Morgan fingerprint density at radius 2 is 2.11 bits per heavy atom. The summed E-state index contributed by atoms with van der Waals surface area (Å²) in [5.74, 6) is -1.46. The average molecular weight is 268 g/mol. The van der Waals surface area contributed by atoms with Gasteiger partial charge in [-0.1, -0.05) is 25.5 Å². The van der Waals surface area contributed by atoms with Crippen LogP contribution >= 0.6 is 0 Å². The molecule has 0 aliphatic rings. The van der Waals surface area contributed by atoms with Gasteiger partial charge in [0.2, 0.25) is 0 Å². The Kier molecular flexibility index (Phi) is 5.96. The van der Waals surface area contributed by atoms with Gasteiger partial charge < -0.3 is 9.84 Å². The van der Waals surface area contributed by atoms with Crippen molar-refractivity contribution in [3.63, 3.8) is 0 Å². The van der Waals surface area contributed by atoms with Crippen LogP contribution in [0.2, 0.25) is 0 Å². The normalized spacial score (nSPS) is 13.9. The van der Waals surface area contributed by atoms with E-state index in [-0.39, 0.29) is 12.4 Å². The lowest BCUT2D eigenvalue weighted by molar-refractivity contribution is -0.152. The molecule has 2 atom stereocenters. The fourth-order valence-electron chi connectivity index (χ4n) is 1.99. The van der Waals surface area contributed by atoms with E-state index in [0.717, 1.165) is 6.42 Å². The van der Waals surface area contributed by atoms with Crippen molar-refractivity contribution in [2.45, 2.75) is 39.7 Å². The predicted molar refractivity (Wildman–Crippen MR) is 71.1 cm³/mol. The van der Waals surface area contributed by atoms with Gasteiger partial charge in [-0.25, -0.2) is 4.39 Å². The molecule has 0 bridgehead atoms. The van der Waals surface area contributed by atoms with Gasteiger partial charge in [-0.15, -0.1) is 0 Å². The molecule has 3 nitrogen and oxygen atoms in total. The maximum Gasteiger partial charge on any atom is 0.311 e. The van der Waals surface area contributed by atoms with Crippen LogP contribution in [0.4, 0.5) is 4.39 Å². The fourth-order valence-corrected chi connectivity index (χ4v) is 1.99. The van der Waals surface area contributed by atoms with E-state index in [1.807, 2.05) is 6.92 Å². The second kappa shape index (κ2) is 7.24. The monoisotopic (exact) mass is 268 g/mol. The molecule has 0 heterocycles. The molecule has 106 valence electrons. The minimum atomic E-state index is -1.03. The maximum atomic E-state index is 13.5. The minimum Gasteiger partial charge on any atom is -0.466 e. The van der Waals surface area contributed by atoms with Crippen molar-refractivity contribution in [1.29, 1.82) is 0 Å². The number of aryl methyl sites for hydroxylation is 1. The zero-order valence-electron chi connectivity index (χ0n) is 11.6. The number of hydrogen-bond acceptors (Lipinski definition) is 3. The van der Waals surface area contributed by atoms with Gasteiger partial charge in [0.15, 0.2) is 0 Å². The molecule has 1 aromatic carbocycles. The zero-order chi connectivity index (χ0) is 14.4. The van der Waals surface area contributed by atoms with Crippen LogP contribution in [0.5, 0.6) is 0 Å². The minimum absolute atomic E-state index is 0.272. The van der Waals surface area contributed by atoms with E-state index < -0.39 is 18.0 Å². The highest BCUT2D eigenvalue weighted by atomic mass is 19.1. The summed E-state index contributed by atoms with van der Waals surface area (Å²) in [5.41, 5.74) is 0.925. The molecular formula is C15H21FO3. The van der Waals surface area contributed by atoms with E-state index in [1.54, 1.807) is 26.0 Å². The first-order chi connectivity index (χ1) is 9.01. The number of rotatable bonds is 6. The molecule has 0 aromatic heterocycles. The molecule has 19 heavy (non-hydrogen) atoms. The van der Waals surface area contributed by atoms with E-state index in [9.17, 15) is 14.3 Å². The second-order valence-electron chi connectivity index (χ2n) is 4.60. The third-order valence-electron chi connectivity index (χ3n) is 3.11. The first kappa shape index (κ1) is 15.6. The third kappa shape index (κ3) is 4.03. The molecule has 0 aliphatic carbocycles. The summed E-state index contributed by atoms with van der Waals surface area (Å²) in [6.45, 7) is 5.57. The van der Waals surface area contributed by atoms with Gasteiger partial charge >= 0.3 is 5.97 Å². The van der Waals surface area contributed by atoms with Crippen LogP contribution in [-0.4, -0.2) is 17.7 Å². The number of benzene rings is 1. The summed E-state index contributed by atoms with van der Waals surface area (Å²) in [5, 5.41) is 10.3. The number of ether oxygens (including phenoxy) is 1. The van der Waals surface area contributed by atoms with Crippen molar-refractivity contribution in [3.8, 4) is 0 Å². The number of esters is 1. The number of aliphatic hydroxyl groups excluding tert-OH is 1. The van der Waals surface area contributed by atoms with Crippen molar-refractivity contribution in [2.75, 3.05) is 6.61 Å². The Hall–Kier alpha value is -1.42. The van der Waals surface area contributed by atoms with Gasteiger partial charge in [0.25, 0.3) is 0 Å². The van der Waals surface area contributed by atoms with Crippen molar-refractivity contribution in [2.24, 2.45) is 5.92 Å². The quantitative estimate of drug-likeness (QED) is 0.806. The van der Waals surface area contributed by atoms with E-state index in [4.69, 9.17) is 4.74 Å². The topological polar surface area (TPSA) is 46.5 Å². The lowest BCUT2D eigenvalue weighted by Crippen LogP contribution is -2.24. The Bertz CT molecular complexity index is 431. The van der Waals surface area contributed by atoms with E-state index in [2.05, 4.69) is 0 Å². The highest BCUT2D eigenvalue weighted by Gasteiger charge is 2.28. The highest BCUT2D eigenvalue weighted by Crippen LogP contribution is 2.28. The first-order valence-electron chi connectivity index (χ1n) is 6.62. The van der Waals surface area contributed by atoms with Crippen molar-refractivity contribution in [3.05, 3.63) is 35.1 Å².